The molecule has 1 heterocycles. The number of benzene rings is 1. The minimum Gasteiger partial charge on any atom is -0.508 e. The molecule has 0 radical (unpaired) electrons. The van der Waals surface area contributed by atoms with E-state index in [1.54, 1.807) is 0 Å². The zero-order valence-electron chi connectivity index (χ0n) is 7.86. The van der Waals surface area contributed by atoms with Gasteiger partial charge in [0.2, 0.25) is 5.78 Å². The number of nitrogens with two attached hydrogens (primary N) is 2. The first-order valence-electron chi connectivity index (χ1n) is 4.37. The van der Waals surface area contributed by atoms with E-state index in [0.29, 0.717) is 16.7 Å². The SMILES string of the molecule is NCC(=O)c1cc2cc(O)cc(N)c2o1. The van der Waals surface area contributed by atoms with Crippen LogP contribution in [0.25, 0.3) is 11.0 Å². The van der Waals surface area contributed by atoms with E-state index in [2.05, 4.69) is 0 Å². The molecule has 0 saturated carbocycles. The van der Waals surface area contributed by atoms with E-state index in [1.807, 2.05) is 0 Å². The maximum atomic E-state index is 11.3. The van der Waals surface area contributed by atoms with Gasteiger partial charge in [-0.1, -0.05) is 0 Å². The lowest BCUT2D eigenvalue weighted by Crippen LogP contribution is -2.12. The molecule has 0 unspecified atom stereocenters. The highest BCUT2D eigenvalue weighted by Crippen LogP contribution is 2.29. The predicted molar refractivity (Wildman–Crippen MR) is 55.7 cm³/mol. The lowest BCUT2D eigenvalue weighted by molar-refractivity contribution is 0.0977. The van der Waals surface area contributed by atoms with E-state index in [-0.39, 0.29) is 23.8 Å². The third-order valence-corrected chi connectivity index (χ3v) is 2.09. The molecule has 2 aromatic rings. The summed E-state index contributed by atoms with van der Waals surface area (Å²) in [5.41, 5.74) is 11.5. The lowest BCUT2D eigenvalue weighted by Gasteiger charge is -1.95. The zero-order chi connectivity index (χ0) is 11.0. The van der Waals surface area contributed by atoms with Crippen LogP contribution in [-0.4, -0.2) is 17.4 Å². The molecule has 0 atom stereocenters. The number of carbonyl (C=O) groups is 1. The molecule has 5 heteroatoms. The van der Waals surface area contributed by atoms with Gasteiger partial charge in [-0.05, 0) is 12.1 Å². The molecule has 1 aromatic heterocycles. The van der Waals surface area contributed by atoms with Gasteiger partial charge in [0.25, 0.3) is 0 Å². The number of ketones is 1. The number of nitrogen functional groups attached to an aromatic ring is 1. The van der Waals surface area contributed by atoms with Gasteiger partial charge in [0, 0.05) is 11.5 Å². The molecule has 0 aliphatic rings. The van der Waals surface area contributed by atoms with Crippen LogP contribution < -0.4 is 11.5 Å². The van der Waals surface area contributed by atoms with Crippen LogP contribution in [0.3, 0.4) is 0 Å². The first kappa shape index (κ1) is 9.54. The highest BCUT2D eigenvalue weighted by atomic mass is 16.3. The van der Waals surface area contributed by atoms with Gasteiger partial charge in [0.15, 0.2) is 11.3 Å². The van der Waals surface area contributed by atoms with Crippen molar-refractivity contribution >= 4 is 22.4 Å². The van der Waals surface area contributed by atoms with Crippen molar-refractivity contribution in [2.75, 3.05) is 12.3 Å². The molecule has 0 bridgehead atoms. The molecule has 0 saturated heterocycles. The van der Waals surface area contributed by atoms with E-state index >= 15 is 0 Å². The Morgan fingerprint density at radius 3 is 2.80 bits per heavy atom. The van der Waals surface area contributed by atoms with Crippen LogP contribution in [0, 0.1) is 0 Å². The Kier molecular flexibility index (Phi) is 2.09. The van der Waals surface area contributed by atoms with Crippen molar-refractivity contribution < 1.29 is 14.3 Å². The molecule has 15 heavy (non-hydrogen) atoms. The molecule has 5 N–H and O–H groups in total. The summed E-state index contributed by atoms with van der Waals surface area (Å²) in [6, 6.07) is 4.35. The minimum atomic E-state index is -0.301. The van der Waals surface area contributed by atoms with Gasteiger partial charge in [0.05, 0.1) is 12.2 Å². The number of hydrogen-bond donors (Lipinski definition) is 3. The smallest absolute Gasteiger partial charge is 0.211 e. The predicted octanol–water partition coefficient (Wildman–Crippen LogP) is 0.862. The second-order valence-corrected chi connectivity index (χ2v) is 3.19. The molecule has 0 aliphatic heterocycles. The monoisotopic (exact) mass is 206 g/mol. The van der Waals surface area contributed by atoms with Gasteiger partial charge in [-0.15, -0.1) is 0 Å². The fourth-order valence-corrected chi connectivity index (χ4v) is 1.40. The van der Waals surface area contributed by atoms with Crippen LogP contribution in [0.4, 0.5) is 5.69 Å². The molecule has 0 amide bonds. The van der Waals surface area contributed by atoms with E-state index < -0.39 is 0 Å². The van der Waals surface area contributed by atoms with Crippen LogP contribution in [0.5, 0.6) is 5.75 Å². The Hall–Kier alpha value is -2.01. The number of carbonyl (C=O) groups excluding carboxylic acids is 1. The number of fused-ring (bicyclic) bond motifs is 1. The fraction of sp³-hybridized carbons (Fsp3) is 0.100. The third-order valence-electron chi connectivity index (χ3n) is 2.09. The van der Waals surface area contributed by atoms with E-state index in [4.69, 9.17) is 15.9 Å². The third kappa shape index (κ3) is 1.53. The molecule has 0 spiro atoms. The maximum absolute atomic E-state index is 11.3. The molecule has 0 aliphatic carbocycles. The molecular weight excluding hydrogens is 196 g/mol. The quantitative estimate of drug-likeness (QED) is 0.499. The van der Waals surface area contributed by atoms with Gasteiger partial charge in [-0.3, -0.25) is 4.79 Å². The van der Waals surface area contributed by atoms with E-state index in [1.165, 1.54) is 18.2 Å². The Bertz CT molecular complexity index is 531. The van der Waals surface area contributed by atoms with Crippen molar-refractivity contribution in [2.45, 2.75) is 0 Å². The van der Waals surface area contributed by atoms with Crippen molar-refractivity contribution in [2.24, 2.45) is 5.73 Å². The number of Topliss-reactive ketones (excluding diaryl/α,β-unsaturated/α-hetero) is 1. The Labute approximate surface area is 85.3 Å². The average Bonchev–Trinajstić information content (AvgIpc) is 2.60. The summed E-state index contributed by atoms with van der Waals surface area (Å²) in [5, 5.41) is 9.87. The average molecular weight is 206 g/mol. The molecule has 78 valence electrons. The van der Waals surface area contributed by atoms with Gasteiger partial charge >= 0.3 is 0 Å². The van der Waals surface area contributed by atoms with Crippen LogP contribution in [0.2, 0.25) is 0 Å². The number of rotatable bonds is 2. The molecule has 1 aromatic carbocycles. The van der Waals surface area contributed by atoms with Crippen LogP contribution in [0.1, 0.15) is 10.6 Å². The van der Waals surface area contributed by atoms with Crippen molar-refractivity contribution in [3.63, 3.8) is 0 Å². The minimum absolute atomic E-state index is 0.0348. The lowest BCUT2D eigenvalue weighted by atomic mass is 10.2. The number of hydrogen-bond acceptors (Lipinski definition) is 5. The van der Waals surface area contributed by atoms with E-state index in [9.17, 15) is 9.90 Å². The standard InChI is InChI=1S/C10H10N2O3/c11-4-8(14)9-2-5-1-6(13)3-7(12)10(5)15-9/h1-3,13H,4,11-12H2. The highest BCUT2D eigenvalue weighted by molar-refractivity contribution is 6.01. The largest absolute Gasteiger partial charge is 0.508 e. The van der Waals surface area contributed by atoms with Gasteiger partial charge in [-0.2, -0.15) is 0 Å². The van der Waals surface area contributed by atoms with Gasteiger partial charge in [0.1, 0.15) is 5.75 Å². The summed E-state index contributed by atoms with van der Waals surface area (Å²) in [6.45, 7) is -0.119. The summed E-state index contributed by atoms with van der Waals surface area (Å²) in [5.74, 6) is -0.109. The molecule has 5 nitrogen and oxygen atoms in total. The fourth-order valence-electron chi connectivity index (χ4n) is 1.40. The summed E-state index contributed by atoms with van der Waals surface area (Å²) in [6.07, 6.45) is 0. The number of anilines is 1. The second kappa shape index (κ2) is 3.29. The van der Waals surface area contributed by atoms with Gasteiger partial charge in [-0.25, -0.2) is 0 Å². The number of phenolic OH excluding ortho intramolecular Hbond substituents is 1. The maximum Gasteiger partial charge on any atom is 0.211 e. The highest BCUT2D eigenvalue weighted by Gasteiger charge is 2.12. The van der Waals surface area contributed by atoms with Crippen molar-refractivity contribution in [1.29, 1.82) is 0 Å². The molecule has 0 fully saturated rings. The van der Waals surface area contributed by atoms with Crippen molar-refractivity contribution in [3.05, 3.63) is 24.0 Å². The van der Waals surface area contributed by atoms with E-state index in [0.717, 1.165) is 0 Å². The summed E-state index contributed by atoms with van der Waals surface area (Å²) >= 11 is 0. The summed E-state index contributed by atoms with van der Waals surface area (Å²) in [7, 11) is 0. The zero-order valence-corrected chi connectivity index (χ0v) is 7.86. The van der Waals surface area contributed by atoms with Crippen LogP contribution in [-0.2, 0) is 0 Å². The first-order chi connectivity index (χ1) is 7.11. The second-order valence-electron chi connectivity index (χ2n) is 3.19. The molecule has 2 rings (SSSR count). The Morgan fingerprint density at radius 1 is 1.40 bits per heavy atom. The first-order valence-corrected chi connectivity index (χ1v) is 4.37. The van der Waals surface area contributed by atoms with Crippen molar-refractivity contribution in [3.8, 4) is 5.75 Å². The van der Waals surface area contributed by atoms with Gasteiger partial charge < -0.3 is 21.0 Å². The van der Waals surface area contributed by atoms with Crippen molar-refractivity contribution in [1.82, 2.24) is 0 Å². The van der Waals surface area contributed by atoms with Crippen LogP contribution in [0.15, 0.2) is 22.6 Å². The number of phenols is 1. The summed E-state index contributed by atoms with van der Waals surface area (Å²) in [4.78, 5) is 11.3. The normalized spacial score (nSPS) is 10.7. The Balaban J connectivity index is 2.65. The summed E-state index contributed by atoms with van der Waals surface area (Å²) < 4.78 is 5.24. The Morgan fingerprint density at radius 2 is 2.13 bits per heavy atom. The number of aromatic hydroxyl groups is 1. The topological polar surface area (TPSA) is 102 Å². The molecular formula is C10H10N2O3. The van der Waals surface area contributed by atoms with Crippen LogP contribution >= 0.6 is 0 Å². The number of furan rings is 1.